The molecule has 1 saturated heterocycles. The molecule has 1 aromatic heterocycles. The highest BCUT2D eigenvalue weighted by Gasteiger charge is 2.38. The summed E-state index contributed by atoms with van der Waals surface area (Å²) < 4.78 is 5.01. The number of carbonyl (C=O) groups excluding carboxylic acids is 1. The summed E-state index contributed by atoms with van der Waals surface area (Å²) in [6.45, 7) is 6.03. The molecule has 1 aromatic rings. The summed E-state index contributed by atoms with van der Waals surface area (Å²) in [4.78, 5) is 16.6. The van der Waals surface area contributed by atoms with Crippen molar-refractivity contribution in [2.24, 2.45) is 5.41 Å². The van der Waals surface area contributed by atoms with Crippen molar-refractivity contribution in [1.82, 2.24) is 20.8 Å². The minimum atomic E-state index is -0.227. The maximum absolute atomic E-state index is 12.5. The smallest absolute Gasteiger partial charge is 0.246 e. The Bertz CT molecular complexity index is 419. The molecule has 0 aromatic carbocycles. The fourth-order valence-electron chi connectivity index (χ4n) is 2.73. The molecule has 0 unspecified atom stereocenters. The molecule has 6 heteroatoms. The minimum Gasteiger partial charge on any atom is -0.347 e. The molecule has 6 nitrogen and oxygen atoms in total. The maximum atomic E-state index is 12.5. The molecule has 1 aliphatic rings. The van der Waals surface area contributed by atoms with E-state index in [-0.39, 0.29) is 11.3 Å². The van der Waals surface area contributed by atoms with Gasteiger partial charge in [-0.2, -0.15) is 4.98 Å². The maximum Gasteiger partial charge on any atom is 0.246 e. The lowest BCUT2D eigenvalue weighted by atomic mass is 9.74. The summed E-state index contributed by atoms with van der Waals surface area (Å²) in [7, 11) is 0. The van der Waals surface area contributed by atoms with Crippen LogP contribution in [-0.2, 0) is 11.3 Å². The number of nitrogens with one attached hydrogen (secondary N) is 2. The molecule has 2 rings (SSSR count). The lowest BCUT2D eigenvalue weighted by Crippen LogP contribution is -2.47. The van der Waals surface area contributed by atoms with Crippen LogP contribution in [0.3, 0.4) is 0 Å². The number of carbonyl (C=O) groups is 1. The van der Waals surface area contributed by atoms with E-state index in [1.54, 1.807) is 6.92 Å². The first kappa shape index (κ1) is 14.0. The van der Waals surface area contributed by atoms with Gasteiger partial charge >= 0.3 is 0 Å². The molecule has 0 bridgehead atoms. The van der Waals surface area contributed by atoms with Gasteiger partial charge in [0.05, 0.1) is 12.0 Å². The van der Waals surface area contributed by atoms with Crippen LogP contribution in [0, 0.1) is 12.3 Å². The topological polar surface area (TPSA) is 80.1 Å². The third-order valence-corrected chi connectivity index (χ3v) is 3.74. The van der Waals surface area contributed by atoms with Crippen molar-refractivity contribution >= 4 is 5.91 Å². The Labute approximate surface area is 113 Å². The number of nitrogens with zero attached hydrogens (tertiary/aromatic N) is 2. The van der Waals surface area contributed by atoms with Crippen LogP contribution in [0.4, 0.5) is 0 Å². The third-order valence-electron chi connectivity index (χ3n) is 3.74. The SMILES string of the molecule is CCCC1(C(=O)NCc2nc(C)no2)CCNCC1. The Kier molecular flexibility index (Phi) is 4.52. The quantitative estimate of drug-likeness (QED) is 0.836. The summed E-state index contributed by atoms with van der Waals surface area (Å²) in [6.07, 6.45) is 3.75. The van der Waals surface area contributed by atoms with Gasteiger partial charge < -0.3 is 15.2 Å². The van der Waals surface area contributed by atoms with Crippen LogP contribution >= 0.6 is 0 Å². The average Bonchev–Trinajstić information content (AvgIpc) is 2.83. The molecule has 19 heavy (non-hydrogen) atoms. The summed E-state index contributed by atoms with van der Waals surface area (Å²) in [6, 6.07) is 0. The van der Waals surface area contributed by atoms with Crippen molar-refractivity contribution in [3.8, 4) is 0 Å². The van der Waals surface area contributed by atoms with E-state index >= 15 is 0 Å². The molecule has 1 fully saturated rings. The van der Waals surface area contributed by atoms with Gasteiger partial charge in [-0.1, -0.05) is 18.5 Å². The van der Waals surface area contributed by atoms with Gasteiger partial charge in [0.1, 0.15) is 0 Å². The first-order chi connectivity index (χ1) is 9.16. The fraction of sp³-hybridized carbons (Fsp3) is 0.769. The predicted molar refractivity (Wildman–Crippen MR) is 70.3 cm³/mol. The lowest BCUT2D eigenvalue weighted by molar-refractivity contribution is -0.133. The molecule has 0 atom stereocenters. The van der Waals surface area contributed by atoms with E-state index in [9.17, 15) is 4.79 Å². The first-order valence-corrected chi connectivity index (χ1v) is 6.94. The van der Waals surface area contributed by atoms with Gasteiger partial charge in [0.15, 0.2) is 5.82 Å². The zero-order valence-corrected chi connectivity index (χ0v) is 11.7. The monoisotopic (exact) mass is 266 g/mol. The number of aryl methyl sites for hydroxylation is 1. The van der Waals surface area contributed by atoms with Crippen LogP contribution in [0.5, 0.6) is 0 Å². The van der Waals surface area contributed by atoms with Crippen LogP contribution in [0.2, 0.25) is 0 Å². The predicted octanol–water partition coefficient (Wildman–Crippen LogP) is 1.16. The lowest BCUT2D eigenvalue weighted by Gasteiger charge is -2.36. The van der Waals surface area contributed by atoms with E-state index in [1.807, 2.05) is 0 Å². The molecular formula is C13H22N4O2. The first-order valence-electron chi connectivity index (χ1n) is 6.94. The van der Waals surface area contributed by atoms with Gasteiger partial charge in [0.2, 0.25) is 11.8 Å². The molecule has 106 valence electrons. The average molecular weight is 266 g/mol. The Morgan fingerprint density at radius 3 is 2.79 bits per heavy atom. The molecule has 2 N–H and O–H groups in total. The van der Waals surface area contributed by atoms with Gasteiger partial charge in [0, 0.05) is 0 Å². The van der Waals surface area contributed by atoms with E-state index in [4.69, 9.17) is 4.52 Å². The van der Waals surface area contributed by atoms with Crippen molar-refractivity contribution in [1.29, 1.82) is 0 Å². The second kappa shape index (κ2) is 6.14. The summed E-state index contributed by atoms with van der Waals surface area (Å²) in [5.74, 6) is 1.17. The highest BCUT2D eigenvalue weighted by Crippen LogP contribution is 2.34. The van der Waals surface area contributed by atoms with Crippen molar-refractivity contribution in [3.63, 3.8) is 0 Å². The van der Waals surface area contributed by atoms with E-state index in [2.05, 4.69) is 27.7 Å². The van der Waals surface area contributed by atoms with Gasteiger partial charge in [0.25, 0.3) is 0 Å². The minimum absolute atomic E-state index is 0.117. The molecule has 1 amide bonds. The van der Waals surface area contributed by atoms with E-state index < -0.39 is 0 Å². The van der Waals surface area contributed by atoms with Crippen molar-refractivity contribution < 1.29 is 9.32 Å². The van der Waals surface area contributed by atoms with Gasteiger partial charge in [-0.15, -0.1) is 0 Å². The number of rotatable bonds is 5. The largest absolute Gasteiger partial charge is 0.347 e. The normalized spacial score (nSPS) is 18.2. The van der Waals surface area contributed by atoms with Crippen molar-refractivity contribution in [2.75, 3.05) is 13.1 Å². The zero-order valence-electron chi connectivity index (χ0n) is 11.7. The Morgan fingerprint density at radius 2 is 2.21 bits per heavy atom. The van der Waals surface area contributed by atoms with Crippen LogP contribution < -0.4 is 10.6 Å². The van der Waals surface area contributed by atoms with Gasteiger partial charge in [-0.25, -0.2) is 0 Å². The summed E-state index contributed by atoms with van der Waals surface area (Å²) >= 11 is 0. The highest BCUT2D eigenvalue weighted by atomic mass is 16.5. The molecule has 2 heterocycles. The van der Waals surface area contributed by atoms with E-state index in [0.717, 1.165) is 38.8 Å². The van der Waals surface area contributed by atoms with Gasteiger partial charge in [-0.3, -0.25) is 4.79 Å². The number of aromatic nitrogens is 2. The second-order valence-electron chi connectivity index (χ2n) is 5.20. The van der Waals surface area contributed by atoms with Gasteiger partial charge in [-0.05, 0) is 39.3 Å². The third kappa shape index (κ3) is 3.32. The van der Waals surface area contributed by atoms with Crippen molar-refractivity contribution in [2.45, 2.75) is 46.1 Å². The molecule has 0 aliphatic carbocycles. The molecule has 0 radical (unpaired) electrons. The number of hydrogen-bond donors (Lipinski definition) is 2. The number of piperidine rings is 1. The molecular weight excluding hydrogens is 244 g/mol. The summed E-state index contributed by atoms with van der Waals surface area (Å²) in [5, 5.41) is 9.97. The number of hydrogen-bond acceptors (Lipinski definition) is 5. The van der Waals surface area contributed by atoms with Crippen molar-refractivity contribution in [3.05, 3.63) is 11.7 Å². The Hall–Kier alpha value is -1.43. The van der Waals surface area contributed by atoms with E-state index in [0.29, 0.717) is 18.3 Å². The zero-order chi connectivity index (χ0) is 13.7. The second-order valence-corrected chi connectivity index (χ2v) is 5.20. The van der Waals surface area contributed by atoms with Crippen LogP contribution in [-0.4, -0.2) is 29.1 Å². The fourth-order valence-corrected chi connectivity index (χ4v) is 2.73. The standard InChI is InChI=1S/C13H22N4O2/c1-3-4-13(5-7-14-8-6-13)12(18)15-9-11-16-10(2)17-19-11/h14H,3-9H2,1-2H3,(H,15,18). The molecule has 1 aliphatic heterocycles. The van der Waals surface area contributed by atoms with Crippen LogP contribution in [0.15, 0.2) is 4.52 Å². The van der Waals surface area contributed by atoms with Crippen LogP contribution in [0.25, 0.3) is 0 Å². The van der Waals surface area contributed by atoms with Crippen LogP contribution in [0.1, 0.15) is 44.3 Å². The Morgan fingerprint density at radius 1 is 1.47 bits per heavy atom. The number of amides is 1. The molecule has 0 spiro atoms. The van der Waals surface area contributed by atoms with E-state index in [1.165, 1.54) is 0 Å². The molecule has 0 saturated carbocycles. The highest BCUT2D eigenvalue weighted by molar-refractivity contribution is 5.82. The Balaban J connectivity index is 1.95. The summed E-state index contributed by atoms with van der Waals surface area (Å²) in [5.41, 5.74) is -0.227.